The summed E-state index contributed by atoms with van der Waals surface area (Å²) in [6.07, 6.45) is 2.02. The highest BCUT2D eigenvalue weighted by molar-refractivity contribution is 5.58. The summed E-state index contributed by atoms with van der Waals surface area (Å²) in [6, 6.07) is 30.0. The van der Waals surface area contributed by atoms with Crippen molar-refractivity contribution >= 4 is 0 Å². The fourth-order valence-corrected chi connectivity index (χ4v) is 4.43. The first-order chi connectivity index (χ1) is 16.6. The SMILES string of the molecule is C[C@H](C(c1ccccc1)c1ccccc1)[n+]1ccccc1-c1nc(-c2cc(F)cc(F)c2)n[nH]1. The Morgan fingerprint density at radius 2 is 1.35 bits per heavy atom. The van der Waals surface area contributed by atoms with Crippen LogP contribution in [0.25, 0.3) is 22.9 Å². The van der Waals surface area contributed by atoms with Crippen molar-refractivity contribution in [2.45, 2.75) is 18.9 Å². The molecule has 4 nitrogen and oxygen atoms in total. The number of nitrogens with one attached hydrogen (secondary N) is 1. The summed E-state index contributed by atoms with van der Waals surface area (Å²) in [5.74, 6) is -0.490. The molecular formula is C28H23F2N4+. The highest BCUT2D eigenvalue weighted by atomic mass is 19.1. The number of hydrogen-bond acceptors (Lipinski definition) is 2. The van der Waals surface area contributed by atoms with Crippen molar-refractivity contribution in [1.29, 1.82) is 0 Å². The number of hydrogen-bond donors (Lipinski definition) is 1. The topological polar surface area (TPSA) is 45.5 Å². The summed E-state index contributed by atoms with van der Waals surface area (Å²) in [5.41, 5.74) is 3.51. The van der Waals surface area contributed by atoms with Gasteiger partial charge in [-0.2, -0.15) is 9.67 Å². The highest BCUT2D eigenvalue weighted by Crippen LogP contribution is 2.33. The molecule has 0 bridgehead atoms. The Morgan fingerprint density at radius 1 is 0.765 bits per heavy atom. The maximum absolute atomic E-state index is 13.7. The number of pyridine rings is 1. The monoisotopic (exact) mass is 453 g/mol. The summed E-state index contributed by atoms with van der Waals surface area (Å²) in [6.45, 7) is 2.17. The Morgan fingerprint density at radius 3 is 1.97 bits per heavy atom. The van der Waals surface area contributed by atoms with E-state index < -0.39 is 11.6 Å². The lowest BCUT2D eigenvalue weighted by Crippen LogP contribution is -2.43. The van der Waals surface area contributed by atoms with Gasteiger partial charge in [0.25, 0.3) is 0 Å². The minimum Gasteiger partial charge on any atom is -0.254 e. The molecule has 0 aliphatic rings. The average molecular weight is 454 g/mol. The smallest absolute Gasteiger partial charge is 0.250 e. The van der Waals surface area contributed by atoms with Crippen molar-refractivity contribution in [2.24, 2.45) is 0 Å². The van der Waals surface area contributed by atoms with Gasteiger partial charge in [0.1, 0.15) is 11.6 Å². The standard InChI is InChI=1S/C28H22F2N4/c1-19(26(20-10-4-2-5-11-20)21-12-6-3-7-13-21)34-15-9-8-14-25(34)28-31-27(32-33-28)22-16-23(29)18-24(30)17-22/h2-19,26H,1H3/p+1/t19-/m1/s1. The number of H-pyrrole nitrogens is 1. The minimum absolute atomic E-state index is 0.0289. The molecule has 2 aromatic heterocycles. The third-order valence-electron chi connectivity index (χ3n) is 5.98. The molecule has 0 saturated carbocycles. The van der Waals surface area contributed by atoms with Gasteiger partial charge in [0.2, 0.25) is 11.5 Å². The maximum Gasteiger partial charge on any atom is 0.250 e. The van der Waals surface area contributed by atoms with Crippen molar-refractivity contribution in [2.75, 3.05) is 0 Å². The number of halogens is 2. The predicted octanol–water partition coefficient (Wildman–Crippen LogP) is 6.10. The first kappa shape index (κ1) is 21.6. The second kappa shape index (κ2) is 9.35. The van der Waals surface area contributed by atoms with E-state index in [0.717, 1.165) is 11.8 Å². The lowest BCUT2D eigenvalue weighted by Gasteiger charge is -2.22. The maximum atomic E-state index is 13.7. The summed E-state index contributed by atoms with van der Waals surface area (Å²) in [7, 11) is 0. The van der Waals surface area contributed by atoms with Gasteiger partial charge in [-0.3, -0.25) is 5.10 Å². The third-order valence-corrected chi connectivity index (χ3v) is 5.98. The zero-order valence-corrected chi connectivity index (χ0v) is 18.6. The van der Waals surface area contributed by atoms with Crippen molar-refractivity contribution in [3.8, 4) is 22.9 Å². The minimum atomic E-state index is -0.668. The van der Waals surface area contributed by atoms with E-state index >= 15 is 0 Å². The van der Waals surface area contributed by atoms with Crippen LogP contribution in [-0.2, 0) is 0 Å². The molecule has 0 spiro atoms. The predicted molar refractivity (Wildman–Crippen MR) is 127 cm³/mol. The Labute approximate surface area is 196 Å². The number of rotatable bonds is 6. The molecule has 3 aromatic carbocycles. The van der Waals surface area contributed by atoms with Crippen LogP contribution in [-0.4, -0.2) is 15.2 Å². The summed E-state index contributed by atoms with van der Waals surface area (Å²) >= 11 is 0. The molecule has 2 heterocycles. The van der Waals surface area contributed by atoms with E-state index in [1.807, 2.05) is 36.5 Å². The molecule has 0 amide bonds. The molecule has 6 heteroatoms. The largest absolute Gasteiger partial charge is 0.254 e. The zero-order chi connectivity index (χ0) is 23.5. The van der Waals surface area contributed by atoms with Gasteiger partial charge in [0, 0.05) is 23.8 Å². The Balaban J connectivity index is 1.57. The number of aromatic amines is 1. The molecule has 34 heavy (non-hydrogen) atoms. The van der Waals surface area contributed by atoms with Gasteiger partial charge in [0.05, 0.1) is 5.92 Å². The van der Waals surface area contributed by atoms with E-state index in [4.69, 9.17) is 0 Å². The zero-order valence-electron chi connectivity index (χ0n) is 18.6. The molecule has 5 aromatic rings. The first-order valence-electron chi connectivity index (χ1n) is 11.1. The van der Waals surface area contributed by atoms with Crippen LogP contribution < -0.4 is 4.57 Å². The first-order valence-corrected chi connectivity index (χ1v) is 11.1. The van der Waals surface area contributed by atoms with Crippen LogP contribution in [0.4, 0.5) is 8.78 Å². The quantitative estimate of drug-likeness (QED) is 0.316. The van der Waals surface area contributed by atoms with E-state index in [-0.39, 0.29) is 23.3 Å². The van der Waals surface area contributed by atoms with Gasteiger partial charge >= 0.3 is 0 Å². The van der Waals surface area contributed by atoms with E-state index in [1.54, 1.807) is 0 Å². The van der Waals surface area contributed by atoms with Gasteiger partial charge in [-0.05, 0) is 36.2 Å². The molecule has 0 saturated heterocycles. The molecule has 0 aliphatic carbocycles. The van der Waals surface area contributed by atoms with Crippen LogP contribution in [0, 0.1) is 11.6 Å². The number of nitrogens with zero attached hydrogens (tertiary/aromatic N) is 3. The van der Waals surface area contributed by atoms with Gasteiger partial charge in [-0.1, -0.05) is 60.7 Å². The molecule has 1 N–H and O–H groups in total. The second-order valence-corrected chi connectivity index (χ2v) is 8.20. The van der Waals surface area contributed by atoms with Crippen molar-refractivity contribution in [3.05, 3.63) is 126 Å². The van der Waals surface area contributed by atoms with Crippen LogP contribution >= 0.6 is 0 Å². The van der Waals surface area contributed by atoms with Crippen LogP contribution in [0.2, 0.25) is 0 Å². The Hall–Kier alpha value is -4.19. The fourth-order valence-electron chi connectivity index (χ4n) is 4.43. The molecule has 0 radical (unpaired) electrons. The van der Waals surface area contributed by atoms with Gasteiger partial charge in [-0.15, -0.1) is 0 Å². The summed E-state index contributed by atoms with van der Waals surface area (Å²) < 4.78 is 29.6. The van der Waals surface area contributed by atoms with E-state index in [1.165, 1.54) is 23.3 Å². The van der Waals surface area contributed by atoms with Crippen molar-refractivity contribution in [3.63, 3.8) is 0 Å². The average Bonchev–Trinajstić information content (AvgIpc) is 3.35. The lowest BCUT2D eigenvalue weighted by molar-refractivity contribution is -0.711. The van der Waals surface area contributed by atoms with Crippen LogP contribution in [0.1, 0.15) is 30.0 Å². The number of benzene rings is 3. The highest BCUT2D eigenvalue weighted by Gasteiger charge is 2.31. The molecule has 5 rings (SSSR count). The van der Waals surface area contributed by atoms with Crippen molar-refractivity contribution in [1.82, 2.24) is 15.2 Å². The Kier molecular flexibility index (Phi) is 5.95. The normalized spacial score (nSPS) is 12.1. The molecule has 0 fully saturated rings. The summed E-state index contributed by atoms with van der Waals surface area (Å²) in [5, 5.41) is 7.17. The Bertz CT molecular complexity index is 1340. The van der Waals surface area contributed by atoms with Crippen LogP contribution in [0.5, 0.6) is 0 Å². The molecule has 0 aliphatic heterocycles. The van der Waals surface area contributed by atoms with Gasteiger partial charge < -0.3 is 0 Å². The molecular weight excluding hydrogens is 430 g/mol. The fraction of sp³-hybridized carbons (Fsp3) is 0.107. The van der Waals surface area contributed by atoms with E-state index in [0.29, 0.717) is 5.82 Å². The van der Waals surface area contributed by atoms with Gasteiger partial charge in [0.15, 0.2) is 18.1 Å². The van der Waals surface area contributed by atoms with Gasteiger partial charge in [-0.25, -0.2) is 13.8 Å². The van der Waals surface area contributed by atoms with Crippen molar-refractivity contribution < 1.29 is 13.3 Å². The second-order valence-electron chi connectivity index (χ2n) is 8.20. The lowest BCUT2D eigenvalue weighted by atomic mass is 9.85. The number of aromatic nitrogens is 4. The van der Waals surface area contributed by atoms with Crippen LogP contribution in [0.15, 0.2) is 103 Å². The third kappa shape index (κ3) is 4.35. The molecule has 1 atom stereocenters. The molecule has 0 unspecified atom stereocenters. The van der Waals surface area contributed by atoms with E-state index in [2.05, 4.69) is 75.2 Å². The molecule has 168 valence electrons. The van der Waals surface area contributed by atoms with E-state index in [9.17, 15) is 8.78 Å². The summed E-state index contributed by atoms with van der Waals surface area (Å²) in [4.78, 5) is 4.56. The van der Waals surface area contributed by atoms with Crippen LogP contribution in [0.3, 0.4) is 0 Å².